The van der Waals surface area contributed by atoms with Crippen LogP contribution in [0.2, 0.25) is 0 Å². The van der Waals surface area contributed by atoms with Gasteiger partial charge in [-0.15, -0.1) is 0 Å². The van der Waals surface area contributed by atoms with Gasteiger partial charge in [0.05, 0.1) is 12.5 Å². The summed E-state index contributed by atoms with van der Waals surface area (Å²) in [5, 5.41) is 0. The van der Waals surface area contributed by atoms with E-state index in [0.29, 0.717) is 26.1 Å². The third kappa shape index (κ3) is 5.19. The summed E-state index contributed by atoms with van der Waals surface area (Å²) < 4.78 is 8.00. The minimum atomic E-state index is -0.340. The molecule has 7 heteroatoms. The minimum absolute atomic E-state index is 0.0312. The van der Waals surface area contributed by atoms with Gasteiger partial charge < -0.3 is 9.64 Å². The zero-order valence-corrected chi connectivity index (χ0v) is 17.4. The first-order valence-electron chi connectivity index (χ1n) is 9.48. The number of unbranched alkanes of at least 4 members (excludes halogenated alkanes) is 1. The average Bonchev–Trinajstić information content (AvgIpc) is 3.20. The molecule has 0 N–H and O–H groups in total. The Morgan fingerprint density at radius 3 is 2.69 bits per heavy atom. The van der Waals surface area contributed by atoms with Gasteiger partial charge in [-0.2, -0.15) is 0 Å². The van der Waals surface area contributed by atoms with Crippen molar-refractivity contribution in [1.82, 2.24) is 8.86 Å². The molecule has 2 heterocycles. The van der Waals surface area contributed by atoms with E-state index in [2.05, 4.69) is 42.8 Å². The number of ether oxygens (including phenoxy) is 1. The van der Waals surface area contributed by atoms with Crippen molar-refractivity contribution in [3.05, 3.63) is 16.4 Å². The first-order chi connectivity index (χ1) is 12.3. The molecule has 1 unspecified atom stereocenters. The van der Waals surface area contributed by atoms with Crippen molar-refractivity contribution < 1.29 is 14.3 Å². The fraction of sp³-hybridized carbons (Fsp3) is 0.737. The molecule has 0 spiro atoms. The lowest BCUT2D eigenvalue weighted by molar-refractivity contribution is -0.121. The number of aryl methyl sites for hydroxylation is 1. The smallest absolute Gasteiger partial charge is 0.409 e. The molecule has 0 bridgehead atoms. The minimum Gasteiger partial charge on any atom is -0.450 e. The molecule has 2 rings (SSSR count). The van der Waals surface area contributed by atoms with E-state index in [1.165, 1.54) is 0 Å². The quantitative estimate of drug-likeness (QED) is 0.783. The van der Waals surface area contributed by atoms with Gasteiger partial charge in [-0.3, -0.25) is 8.75 Å². The van der Waals surface area contributed by atoms with Crippen LogP contribution in [0.3, 0.4) is 0 Å². The number of amides is 2. The van der Waals surface area contributed by atoms with Crippen molar-refractivity contribution in [2.45, 2.75) is 65.8 Å². The number of aromatic nitrogens is 1. The second-order valence-electron chi connectivity index (χ2n) is 7.73. The highest BCUT2D eigenvalue weighted by molar-refractivity contribution is 7.04. The maximum Gasteiger partial charge on any atom is 0.409 e. The molecular weight excluding hydrogens is 350 g/mol. The number of likely N-dealkylation sites (tertiary alicyclic amines) is 1. The molecule has 6 nitrogen and oxygen atoms in total. The molecule has 1 aromatic rings. The molecule has 0 radical (unpaired) electrons. The Bertz CT molecular complexity index is 700. The van der Waals surface area contributed by atoms with Gasteiger partial charge in [0.25, 0.3) is 5.91 Å². The molecule has 146 valence electrons. The maximum absolute atomic E-state index is 12.7. The predicted octanol–water partition coefficient (Wildman–Crippen LogP) is 3.55. The summed E-state index contributed by atoms with van der Waals surface area (Å²) in [5.41, 5.74) is 1.11. The average molecular weight is 382 g/mol. The first-order valence-corrected chi connectivity index (χ1v) is 10.3. The number of rotatable bonds is 5. The molecule has 1 aliphatic heterocycles. The standard InChI is InChI=1S/C19H31N3O3S/c1-6-8-9-15-13-22(19(3,4)5)26-17(15)20-16(23)14-10-11-21(12-14)18(24)25-7-2/h13-14H,6-12H2,1-5H3. The van der Waals surface area contributed by atoms with E-state index in [0.717, 1.165) is 29.5 Å². The highest BCUT2D eigenvalue weighted by atomic mass is 32.1. The fourth-order valence-corrected chi connectivity index (χ4v) is 3.91. The van der Waals surface area contributed by atoms with Gasteiger partial charge in [-0.25, -0.2) is 9.79 Å². The van der Waals surface area contributed by atoms with Crippen molar-refractivity contribution in [3.63, 3.8) is 0 Å². The van der Waals surface area contributed by atoms with Crippen LogP contribution in [0.15, 0.2) is 11.2 Å². The van der Waals surface area contributed by atoms with Crippen molar-refractivity contribution in [3.8, 4) is 0 Å². The fourth-order valence-electron chi connectivity index (χ4n) is 2.87. The molecule has 1 aromatic heterocycles. The Morgan fingerprint density at radius 1 is 1.35 bits per heavy atom. The molecular formula is C19H31N3O3S. The number of carbonyl (C=O) groups excluding carboxylic acids is 2. The molecule has 1 fully saturated rings. The van der Waals surface area contributed by atoms with Gasteiger partial charge in [-0.1, -0.05) is 13.3 Å². The molecule has 0 aliphatic carbocycles. The van der Waals surface area contributed by atoms with Gasteiger partial charge in [0.2, 0.25) is 0 Å². The zero-order chi connectivity index (χ0) is 19.3. The van der Waals surface area contributed by atoms with E-state index in [1.807, 2.05) is 0 Å². The second-order valence-corrected chi connectivity index (χ2v) is 8.69. The number of carbonyl (C=O) groups is 2. The van der Waals surface area contributed by atoms with Crippen molar-refractivity contribution in [1.29, 1.82) is 0 Å². The number of hydrogen-bond acceptors (Lipinski definition) is 4. The molecule has 0 saturated carbocycles. The SMILES string of the molecule is CCCCc1cn(C(C)(C)C)sc1=NC(=O)C1CCN(C(=O)OCC)C1. The van der Waals surface area contributed by atoms with Crippen LogP contribution in [-0.2, 0) is 21.5 Å². The summed E-state index contributed by atoms with van der Waals surface area (Å²) in [5.74, 6) is -0.360. The van der Waals surface area contributed by atoms with E-state index in [4.69, 9.17) is 4.74 Å². The van der Waals surface area contributed by atoms with Gasteiger partial charge in [-0.05, 0) is 58.5 Å². The Labute approximate surface area is 160 Å². The van der Waals surface area contributed by atoms with E-state index in [-0.39, 0.29) is 23.5 Å². The normalized spacial score (nSPS) is 18.4. The van der Waals surface area contributed by atoms with Crippen molar-refractivity contribution in [2.75, 3.05) is 19.7 Å². The lowest BCUT2D eigenvalue weighted by Gasteiger charge is -2.19. The lowest BCUT2D eigenvalue weighted by Crippen LogP contribution is -2.30. The lowest BCUT2D eigenvalue weighted by atomic mass is 10.1. The van der Waals surface area contributed by atoms with E-state index >= 15 is 0 Å². The number of nitrogens with zero attached hydrogens (tertiary/aromatic N) is 3. The number of hydrogen-bond donors (Lipinski definition) is 0. The summed E-state index contributed by atoms with van der Waals surface area (Å²) in [6, 6.07) is 0. The third-order valence-electron chi connectivity index (χ3n) is 4.47. The topological polar surface area (TPSA) is 63.9 Å². The highest BCUT2D eigenvalue weighted by Crippen LogP contribution is 2.20. The van der Waals surface area contributed by atoms with Crippen LogP contribution in [0.25, 0.3) is 0 Å². The Balaban J connectivity index is 2.18. The summed E-state index contributed by atoms with van der Waals surface area (Å²) in [6.07, 6.45) is 5.56. The largest absolute Gasteiger partial charge is 0.450 e. The van der Waals surface area contributed by atoms with Crippen molar-refractivity contribution >= 4 is 23.5 Å². The van der Waals surface area contributed by atoms with Gasteiger partial charge in [0, 0.05) is 30.4 Å². The predicted molar refractivity (Wildman–Crippen MR) is 103 cm³/mol. The molecule has 26 heavy (non-hydrogen) atoms. The Kier molecular flexibility index (Phi) is 7.03. The monoisotopic (exact) mass is 381 g/mol. The van der Waals surface area contributed by atoms with Gasteiger partial charge in [0.1, 0.15) is 4.67 Å². The summed E-state index contributed by atoms with van der Waals surface area (Å²) in [4.78, 5) is 30.5. The molecule has 2 amide bonds. The van der Waals surface area contributed by atoms with Gasteiger partial charge >= 0.3 is 6.09 Å². The van der Waals surface area contributed by atoms with Crippen LogP contribution in [-0.4, -0.2) is 40.6 Å². The van der Waals surface area contributed by atoms with Crippen LogP contribution >= 0.6 is 11.5 Å². The van der Waals surface area contributed by atoms with Crippen LogP contribution in [0.1, 0.15) is 59.4 Å². The van der Waals surface area contributed by atoms with Crippen LogP contribution < -0.4 is 4.67 Å². The molecule has 1 atom stereocenters. The summed E-state index contributed by atoms with van der Waals surface area (Å²) >= 11 is 1.54. The molecule has 1 saturated heterocycles. The summed E-state index contributed by atoms with van der Waals surface area (Å²) in [6.45, 7) is 11.7. The Morgan fingerprint density at radius 2 is 2.08 bits per heavy atom. The molecule has 0 aromatic carbocycles. The Hall–Kier alpha value is -1.63. The maximum atomic E-state index is 12.7. The first kappa shape index (κ1) is 20.7. The van der Waals surface area contributed by atoms with E-state index in [9.17, 15) is 9.59 Å². The van der Waals surface area contributed by atoms with Gasteiger partial charge in [0.15, 0.2) is 0 Å². The molecule has 1 aliphatic rings. The summed E-state index contributed by atoms with van der Waals surface area (Å²) in [7, 11) is 0. The van der Waals surface area contributed by atoms with Crippen LogP contribution in [0.4, 0.5) is 4.79 Å². The van der Waals surface area contributed by atoms with Crippen LogP contribution in [0, 0.1) is 5.92 Å². The van der Waals surface area contributed by atoms with Crippen LogP contribution in [0.5, 0.6) is 0 Å². The van der Waals surface area contributed by atoms with E-state index < -0.39 is 0 Å². The van der Waals surface area contributed by atoms with Crippen molar-refractivity contribution in [2.24, 2.45) is 10.9 Å². The zero-order valence-electron chi connectivity index (χ0n) is 16.6. The highest BCUT2D eigenvalue weighted by Gasteiger charge is 2.31. The third-order valence-corrected chi connectivity index (χ3v) is 5.84. The van der Waals surface area contributed by atoms with E-state index in [1.54, 1.807) is 23.4 Å². The second kappa shape index (κ2) is 8.84.